The minimum Gasteiger partial charge on any atom is -0.508 e. The van der Waals surface area contributed by atoms with Gasteiger partial charge < -0.3 is 26.5 Å². The molecule has 0 bridgehead atoms. The number of hydrogen-bond acceptors (Lipinski definition) is 5. The summed E-state index contributed by atoms with van der Waals surface area (Å²) in [5, 5.41) is 17.3. The standard InChI is InChI=1S/C8H12N2.C8H8.C6H6O2.CH2O/c9-5-7-2-1-3-8(4-7)6-10;1-2-8-6-4-3-5-7-8;7-5-2-1-3-6(8)4-5;1-2/h1-4H,5-6,9-10H2;2-7H,1H2;1-4,7-8H;1H2. The van der Waals surface area contributed by atoms with E-state index in [2.05, 4.69) is 6.58 Å². The van der Waals surface area contributed by atoms with Crippen LogP contribution in [0.25, 0.3) is 6.08 Å². The second kappa shape index (κ2) is 15.8. The lowest BCUT2D eigenvalue weighted by atomic mass is 10.1. The number of phenols is 2. The van der Waals surface area contributed by atoms with E-state index in [1.165, 1.54) is 23.8 Å². The van der Waals surface area contributed by atoms with Crippen LogP contribution in [0.2, 0.25) is 0 Å². The van der Waals surface area contributed by atoms with Crippen molar-refractivity contribution in [1.29, 1.82) is 0 Å². The van der Waals surface area contributed by atoms with Crippen LogP contribution in [0.1, 0.15) is 16.7 Å². The molecule has 0 aliphatic heterocycles. The number of phenolic OH excluding ortho intramolecular Hbond substituents is 2. The summed E-state index contributed by atoms with van der Waals surface area (Å²) in [6.07, 6.45) is 1.83. The summed E-state index contributed by atoms with van der Waals surface area (Å²) < 4.78 is 0. The van der Waals surface area contributed by atoms with E-state index in [1.807, 2.05) is 67.5 Å². The quantitative estimate of drug-likeness (QED) is 0.552. The van der Waals surface area contributed by atoms with Crippen LogP contribution in [-0.2, 0) is 17.9 Å². The van der Waals surface area contributed by atoms with E-state index in [0.717, 1.165) is 11.1 Å². The Morgan fingerprint density at radius 3 is 1.50 bits per heavy atom. The lowest BCUT2D eigenvalue weighted by molar-refractivity contribution is -0.0979. The number of carbonyl (C=O) groups is 1. The molecule has 0 spiro atoms. The average molecular weight is 380 g/mol. The van der Waals surface area contributed by atoms with Crippen LogP contribution < -0.4 is 11.5 Å². The first-order chi connectivity index (χ1) is 13.6. The van der Waals surface area contributed by atoms with Gasteiger partial charge in [0.15, 0.2) is 0 Å². The van der Waals surface area contributed by atoms with Gasteiger partial charge in [-0.05, 0) is 28.8 Å². The van der Waals surface area contributed by atoms with E-state index in [-0.39, 0.29) is 11.5 Å². The molecule has 0 amide bonds. The Hall–Kier alpha value is -3.41. The molecule has 3 aromatic carbocycles. The molecule has 0 fully saturated rings. The van der Waals surface area contributed by atoms with Gasteiger partial charge in [-0.15, -0.1) is 0 Å². The fourth-order valence-corrected chi connectivity index (χ4v) is 1.97. The van der Waals surface area contributed by atoms with Crippen molar-refractivity contribution in [3.8, 4) is 11.5 Å². The number of hydrogen-bond donors (Lipinski definition) is 4. The molecule has 0 radical (unpaired) electrons. The van der Waals surface area contributed by atoms with Gasteiger partial charge in [0.1, 0.15) is 18.3 Å². The van der Waals surface area contributed by atoms with Crippen LogP contribution in [0.3, 0.4) is 0 Å². The second-order valence-corrected chi connectivity index (χ2v) is 5.36. The maximum atomic E-state index is 8.65. The van der Waals surface area contributed by atoms with E-state index in [9.17, 15) is 0 Å². The normalized spacial score (nSPS) is 8.64. The van der Waals surface area contributed by atoms with Crippen LogP contribution >= 0.6 is 0 Å². The molecule has 6 N–H and O–H groups in total. The van der Waals surface area contributed by atoms with Crippen LogP contribution in [0.5, 0.6) is 11.5 Å². The van der Waals surface area contributed by atoms with Gasteiger partial charge in [0.05, 0.1) is 0 Å². The summed E-state index contributed by atoms with van der Waals surface area (Å²) in [4.78, 5) is 8.00. The highest BCUT2D eigenvalue weighted by Crippen LogP contribution is 2.14. The lowest BCUT2D eigenvalue weighted by Crippen LogP contribution is -2.00. The predicted molar refractivity (Wildman–Crippen MR) is 116 cm³/mol. The largest absolute Gasteiger partial charge is 0.508 e. The number of aromatic hydroxyl groups is 2. The van der Waals surface area contributed by atoms with Crippen molar-refractivity contribution in [2.45, 2.75) is 13.1 Å². The van der Waals surface area contributed by atoms with E-state index < -0.39 is 0 Å². The summed E-state index contributed by atoms with van der Waals surface area (Å²) in [5.74, 6) is 0.176. The molecular formula is C23H28N2O3. The number of benzene rings is 3. The third kappa shape index (κ3) is 11.3. The van der Waals surface area contributed by atoms with Crippen molar-refractivity contribution in [2.75, 3.05) is 0 Å². The van der Waals surface area contributed by atoms with E-state index >= 15 is 0 Å². The molecule has 3 aromatic rings. The topological polar surface area (TPSA) is 110 Å². The Balaban J connectivity index is 0.000000376. The van der Waals surface area contributed by atoms with Gasteiger partial charge in [0, 0.05) is 19.2 Å². The maximum absolute atomic E-state index is 8.65. The zero-order chi connectivity index (χ0) is 21.2. The fraction of sp³-hybridized carbons (Fsp3) is 0.0870. The van der Waals surface area contributed by atoms with Gasteiger partial charge in [-0.3, -0.25) is 0 Å². The molecule has 0 saturated carbocycles. The fourth-order valence-electron chi connectivity index (χ4n) is 1.97. The molecule has 3 rings (SSSR count). The van der Waals surface area contributed by atoms with Crippen LogP contribution in [0.4, 0.5) is 0 Å². The molecule has 5 heteroatoms. The zero-order valence-electron chi connectivity index (χ0n) is 15.9. The highest BCUT2D eigenvalue weighted by atomic mass is 16.3. The van der Waals surface area contributed by atoms with Crippen molar-refractivity contribution in [2.24, 2.45) is 11.5 Å². The molecule has 0 aliphatic carbocycles. The van der Waals surface area contributed by atoms with Crippen LogP contribution in [0.15, 0.2) is 85.4 Å². The predicted octanol–water partition coefficient (Wildman–Crippen LogP) is 3.85. The highest BCUT2D eigenvalue weighted by Gasteiger charge is 1.90. The molecule has 148 valence electrons. The summed E-state index contributed by atoms with van der Waals surface area (Å²) in [5.41, 5.74) is 14.3. The Kier molecular flexibility index (Phi) is 13.9. The molecule has 0 aliphatic rings. The summed E-state index contributed by atoms with van der Waals surface area (Å²) in [6, 6.07) is 23.9. The molecule has 0 aromatic heterocycles. The number of carbonyl (C=O) groups excluding carboxylic acids is 1. The van der Waals surface area contributed by atoms with Crippen molar-refractivity contribution < 1.29 is 15.0 Å². The maximum Gasteiger partial charge on any atom is 0.119 e. The van der Waals surface area contributed by atoms with Crippen molar-refractivity contribution in [3.05, 3.63) is 102 Å². The molecule has 0 heterocycles. The minimum atomic E-state index is 0.0880. The van der Waals surface area contributed by atoms with Gasteiger partial charge >= 0.3 is 0 Å². The SMILES string of the molecule is C=Cc1ccccc1.C=O.NCc1cccc(CN)c1.Oc1cccc(O)c1. The first-order valence-corrected chi connectivity index (χ1v) is 8.51. The Labute approximate surface area is 166 Å². The second-order valence-electron chi connectivity index (χ2n) is 5.36. The number of rotatable bonds is 3. The summed E-state index contributed by atoms with van der Waals surface area (Å²) in [6.45, 7) is 6.81. The third-order valence-electron chi connectivity index (χ3n) is 3.33. The third-order valence-corrected chi connectivity index (χ3v) is 3.33. The van der Waals surface area contributed by atoms with Crippen molar-refractivity contribution in [1.82, 2.24) is 0 Å². The molecule has 5 nitrogen and oxygen atoms in total. The Morgan fingerprint density at radius 1 is 0.714 bits per heavy atom. The van der Waals surface area contributed by atoms with E-state index in [0.29, 0.717) is 13.1 Å². The Bertz CT molecular complexity index is 756. The van der Waals surface area contributed by atoms with E-state index in [4.69, 9.17) is 26.5 Å². The molecule has 0 atom stereocenters. The Morgan fingerprint density at radius 2 is 1.18 bits per heavy atom. The van der Waals surface area contributed by atoms with Gasteiger partial charge in [-0.25, -0.2) is 0 Å². The first kappa shape index (κ1) is 24.6. The lowest BCUT2D eigenvalue weighted by Gasteiger charge is -1.98. The van der Waals surface area contributed by atoms with Crippen molar-refractivity contribution >= 4 is 12.9 Å². The number of nitrogens with two attached hydrogens (primary N) is 2. The van der Waals surface area contributed by atoms with Gasteiger partial charge in [0.25, 0.3) is 0 Å². The highest BCUT2D eigenvalue weighted by molar-refractivity contribution is 5.45. The van der Waals surface area contributed by atoms with Gasteiger partial charge in [-0.2, -0.15) is 0 Å². The molecule has 0 unspecified atom stereocenters. The van der Waals surface area contributed by atoms with Crippen LogP contribution in [0, 0.1) is 0 Å². The summed E-state index contributed by atoms with van der Waals surface area (Å²) >= 11 is 0. The van der Waals surface area contributed by atoms with Crippen LogP contribution in [-0.4, -0.2) is 17.0 Å². The average Bonchev–Trinajstić information content (AvgIpc) is 2.76. The van der Waals surface area contributed by atoms with E-state index in [1.54, 1.807) is 6.07 Å². The smallest absolute Gasteiger partial charge is 0.119 e. The van der Waals surface area contributed by atoms with Gasteiger partial charge in [-0.1, -0.05) is 73.3 Å². The van der Waals surface area contributed by atoms with Crippen molar-refractivity contribution in [3.63, 3.8) is 0 Å². The molecule has 0 saturated heterocycles. The monoisotopic (exact) mass is 380 g/mol. The van der Waals surface area contributed by atoms with Gasteiger partial charge in [0.2, 0.25) is 0 Å². The molecule has 28 heavy (non-hydrogen) atoms. The zero-order valence-corrected chi connectivity index (χ0v) is 15.9. The minimum absolute atomic E-state index is 0.0880. The first-order valence-electron chi connectivity index (χ1n) is 8.51. The molecular weight excluding hydrogens is 352 g/mol. The summed E-state index contributed by atoms with van der Waals surface area (Å²) in [7, 11) is 0.